The van der Waals surface area contributed by atoms with Gasteiger partial charge in [-0.3, -0.25) is 9.36 Å². The zero-order chi connectivity index (χ0) is 22.0. The van der Waals surface area contributed by atoms with Crippen LogP contribution in [-0.2, 0) is 4.79 Å². The van der Waals surface area contributed by atoms with Gasteiger partial charge in [-0.15, -0.1) is 0 Å². The minimum Gasteiger partial charge on any atom is -0.382 e. The van der Waals surface area contributed by atoms with Gasteiger partial charge in [0.1, 0.15) is 11.8 Å². The third-order valence-corrected chi connectivity index (χ3v) is 4.57. The van der Waals surface area contributed by atoms with E-state index in [1.807, 2.05) is 19.0 Å². The molecule has 2 N–H and O–H groups in total. The van der Waals surface area contributed by atoms with E-state index in [4.69, 9.17) is 5.73 Å². The first-order chi connectivity index (χ1) is 14.2. The summed E-state index contributed by atoms with van der Waals surface area (Å²) in [6, 6.07) is 7.09. The first-order valence-corrected chi connectivity index (χ1v) is 9.31. The SMILES string of the molecule is C=C(C)n1c(=O)n(-c2cccc(N(C)C(=O)/C=C/CN(C)C)c2)c2ncnc(N)c21. The molecule has 0 aliphatic rings. The lowest BCUT2D eigenvalue weighted by Crippen LogP contribution is -2.25. The maximum absolute atomic E-state index is 13.1. The van der Waals surface area contributed by atoms with Crippen LogP contribution in [0.5, 0.6) is 0 Å². The summed E-state index contributed by atoms with van der Waals surface area (Å²) in [5.41, 5.74) is 8.11. The van der Waals surface area contributed by atoms with Gasteiger partial charge in [0.05, 0.1) is 5.69 Å². The highest BCUT2D eigenvalue weighted by atomic mass is 16.2. The van der Waals surface area contributed by atoms with Crippen molar-refractivity contribution in [1.29, 1.82) is 0 Å². The van der Waals surface area contributed by atoms with Gasteiger partial charge in [-0.1, -0.05) is 18.7 Å². The average Bonchev–Trinajstić information content (AvgIpc) is 3.00. The highest BCUT2D eigenvalue weighted by Gasteiger charge is 2.20. The lowest BCUT2D eigenvalue weighted by atomic mass is 10.2. The number of allylic oxidation sites excluding steroid dienone is 1. The van der Waals surface area contributed by atoms with Crippen molar-refractivity contribution < 1.29 is 4.79 Å². The highest BCUT2D eigenvalue weighted by Crippen LogP contribution is 2.24. The van der Waals surface area contributed by atoms with E-state index in [9.17, 15) is 9.59 Å². The van der Waals surface area contributed by atoms with Gasteiger partial charge in [-0.25, -0.2) is 19.3 Å². The lowest BCUT2D eigenvalue weighted by Gasteiger charge is -2.16. The fourth-order valence-corrected chi connectivity index (χ4v) is 3.08. The molecule has 0 bridgehead atoms. The van der Waals surface area contributed by atoms with Gasteiger partial charge in [0.2, 0.25) is 5.91 Å². The molecule has 3 aromatic rings. The Morgan fingerprint density at radius 2 is 2.00 bits per heavy atom. The number of hydrogen-bond donors (Lipinski definition) is 1. The second-order valence-corrected chi connectivity index (χ2v) is 7.20. The summed E-state index contributed by atoms with van der Waals surface area (Å²) in [4.78, 5) is 37.4. The van der Waals surface area contributed by atoms with Crippen LogP contribution >= 0.6 is 0 Å². The normalized spacial score (nSPS) is 11.5. The second kappa shape index (κ2) is 8.34. The van der Waals surface area contributed by atoms with Crippen molar-refractivity contribution in [3.05, 3.63) is 59.8 Å². The number of nitrogens with zero attached hydrogens (tertiary/aromatic N) is 6. The Balaban J connectivity index is 2.08. The molecule has 0 saturated heterocycles. The lowest BCUT2D eigenvalue weighted by molar-refractivity contribution is -0.113. The molecule has 156 valence electrons. The van der Waals surface area contributed by atoms with E-state index in [1.54, 1.807) is 44.3 Å². The fraction of sp³-hybridized carbons (Fsp3) is 0.238. The topological polar surface area (TPSA) is 102 Å². The molecule has 0 spiro atoms. The summed E-state index contributed by atoms with van der Waals surface area (Å²) in [7, 11) is 5.54. The van der Waals surface area contributed by atoms with E-state index < -0.39 is 0 Å². The molecule has 9 nitrogen and oxygen atoms in total. The van der Waals surface area contributed by atoms with Crippen molar-refractivity contribution in [2.45, 2.75) is 6.92 Å². The zero-order valence-corrected chi connectivity index (χ0v) is 17.5. The Bertz CT molecular complexity index is 1200. The highest BCUT2D eigenvalue weighted by molar-refractivity contribution is 6.01. The third-order valence-electron chi connectivity index (χ3n) is 4.57. The summed E-state index contributed by atoms with van der Waals surface area (Å²) in [5.74, 6) is 0.0191. The molecule has 0 unspecified atom stereocenters. The van der Waals surface area contributed by atoms with Gasteiger partial charge < -0.3 is 15.5 Å². The number of amides is 1. The Kier molecular flexibility index (Phi) is 5.84. The Labute approximate surface area is 174 Å². The van der Waals surface area contributed by atoms with E-state index in [0.717, 1.165) is 0 Å². The molecule has 2 heterocycles. The quantitative estimate of drug-likeness (QED) is 0.625. The molecule has 9 heteroatoms. The maximum atomic E-state index is 13.1. The third kappa shape index (κ3) is 3.87. The molecule has 1 aromatic carbocycles. The summed E-state index contributed by atoms with van der Waals surface area (Å²) in [5, 5.41) is 0. The number of rotatable bonds is 6. The van der Waals surface area contributed by atoms with Crippen LogP contribution in [0.25, 0.3) is 22.5 Å². The molecule has 2 aromatic heterocycles. The summed E-state index contributed by atoms with van der Waals surface area (Å²) in [6.07, 6.45) is 4.64. The van der Waals surface area contributed by atoms with Crippen LogP contribution in [0, 0.1) is 0 Å². The Morgan fingerprint density at radius 1 is 1.27 bits per heavy atom. The van der Waals surface area contributed by atoms with Crippen LogP contribution in [-0.4, -0.2) is 57.6 Å². The molecule has 3 rings (SSSR count). The van der Waals surface area contributed by atoms with Gasteiger partial charge in [-0.05, 0) is 39.2 Å². The van der Waals surface area contributed by atoms with Gasteiger partial charge in [0.15, 0.2) is 11.5 Å². The summed E-state index contributed by atoms with van der Waals surface area (Å²) < 4.78 is 2.82. The predicted octanol–water partition coefficient (Wildman–Crippen LogP) is 1.74. The first kappa shape index (κ1) is 21.0. The van der Waals surface area contributed by atoms with E-state index in [0.29, 0.717) is 34.8 Å². The van der Waals surface area contributed by atoms with Crippen molar-refractivity contribution in [3.63, 3.8) is 0 Å². The van der Waals surface area contributed by atoms with Crippen LogP contribution in [0.2, 0.25) is 0 Å². The van der Waals surface area contributed by atoms with Crippen LogP contribution in [0.4, 0.5) is 11.5 Å². The van der Waals surface area contributed by atoms with E-state index in [2.05, 4.69) is 16.5 Å². The number of imidazole rings is 1. The molecule has 0 aliphatic carbocycles. The molecular formula is C21H25N7O2. The molecule has 1 amide bonds. The van der Waals surface area contributed by atoms with Crippen molar-refractivity contribution in [2.75, 3.05) is 38.3 Å². The van der Waals surface area contributed by atoms with Gasteiger partial charge in [0.25, 0.3) is 0 Å². The first-order valence-electron chi connectivity index (χ1n) is 9.31. The number of fused-ring (bicyclic) bond motifs is 1. The number of hydrogen-bond acceptors (Lipinski definition) is 6. The standard InChI is InChI=1S/C21H25N7O2/c1-14(2)27-18-19(22)23-13-24-20(18)28(21(27)30)16-9-6-8-15(12-16)26(5)17(29)10-7-11-25(3)4/h6-10,12-13H,1,11H2,2-5H3,(H2,22,23,24)/b10-7+. The van der Waals surface area contributed by atoms with Crippen LogP contribution in [0.1, 0.15) is 6.92 Å². The second-order valence-electron chi connectivity index (χ2n) is 7.20. The maximum Gasteiger partial charge on any atom is 0.339 e. The Morgan fingerprint density at radius 3 is 2.67 bits per heavy atom. The summed E-state index contributed by atoms with van der Waals surface area (Å²) in [6.45, 7) is 6.24. The number of benzene rings is 1. The summed E-state index contributed by atoms with van der Waals surface area (Å²) >= 11 is 0. The minimum absolute atomic E-state index is 0.169. The predicted molar refractivity (Wildman–Crippen MR) is 120 cm³/mol. The molecule has 30 heavy (non-hydrogen) atoms. The molecule has 0 fully saturated rings. The van der Waals surface area contributed by atoms with E-state index >= 15 is 0 Å². The smallest absolute Gasteiger partial charge is 0.339 e. The number of likely N-dealkylation sites (N-methyl/N-ethyl adjacent to an activating group) is 2. The van der Waals surface area contributed by atoms with Crippen molar-refractivity contribution in [1.82, 2.24) is 24.0 Å². The van der Waals surface area contributed by atoms with Gasteiger partial charge in [0, 0.05) is 31.1 Å². The van der Waals surface area contributed by atoms with Crippen molar-refractivity contribution >= 4 is 34.3 Å². The molecular weight excluding hydrogens is 382 g/mol. The van der Waals surface area contributed by atoms with E-state index in [1.165, 1.54) is 26.4 Å². The largest absolute Gasteiger partial charge is 0.382 e. The number of aromatic nitrogens is 4. The molecule has 0 aliphatic heterocycles. The average molecular weight is 407 g/mol. The number of nitrogen functional groups attached to an aromatic ring is 1. The zero-order valence-electron chi connectivity index (χ0n) is 17.5. The number of nitrogens with two attached hydrogens (primary N) is 1. The van der Waals surface area contributed by atoms with Crippen LogP contribution < -0.4 is 16.3 Å². The van der Waals surface area contributed by atoms with Crippen molar-refractivity contribution in [2.24, 2.45) is 0 Å². The van der Waals surface area contributed by atoms with Gasteiger partial charge in [-0.2, -0.15) is 0 Å². The Hall–Kier alpha value is -3.72. The minimum atomic E-state index is -0.360. The molecule has 0 saturated carbocycles. The number of carbonyl (C=O) groups excluding carboxylic acids is 1. The monoisotopic (exact) mass is 407 g/mol. The van der Waals surface area contributed by atoms with E-state index in [-0.39, 0.29) is 17.4 Å². The number of carbonyl (C=O) groups is 1. The molecule has 0 radical (unpaired) electrons. The number of anilines is 2. The van der Waals surface area contributed by atoms with Crippen LogP contribution in [0.3, 0.4) is 0 Å². The van der Waals surface area contributed by atoms with Crippen LogP contribution in [0.15, 0.2) is 54.1 Å². The van der Waals surface area contributed by atoms with Gasteiger partial charge >= 0.3 is 5.69 Å². The van der Waals surface area contributed by atoms with Crippen molar-refractivity contribution in [3.8, 4) is 5.69 Å². The molecule has 0 atom stereocenters. The fourth-order valence-electron chi connectivity index (χ4n) is 3.08.